The first-order valence-corrected chi connectivity index (χ1v) is 15.7. The zero-order valence-electron chi connectivity index (χ0n) is 18.3. The first-order valence-electron chi connectivity index (χ1n) is 12.5. The summed E-state index contributed by atoms with van der Waals surface area (Å²) in [5, 5.41) is 0. The lowest BCUT2D eigenvalue weighted by Gasteiger charge is -2.46. The molecule has 4 rings (SSSR count). The van der Waals surface area contributed by atoms with Crippen LogP contribution in [0.25, 0.3) is 0 Å². The van der Waals surface area contributed by atoms with E-state index in [1.165, 1.54) is 24.8 Å². The van der Waals surface area contributed by atoms with Crippen molar-refractivity contribution in [3.8, 4) is 0 Å². The van der Waals surface area contributed by atoms with Gasteiger partial charge in [-0.25, -0.2) is 0 Å². The number of hydrogen-bond donors (Lipinski definition) is 0. The second-order valence-electron chi connectivity index (χ2n) is 11.6. The third-order valence-electron chi connectivity index (χ3n) is 10.0. The average Bonchev–Trinajstić information content (AvgIpc) is 3.17. The predicted octanol–water partition coefficient (Wildman–Crippen LogP) is 8.30. The summed E-state index contributed by atoms with van der Waals surface area (Å²) in [7, 11) is -1.20. The third kappa shape index (κ3) is 3.37. The van der Waals surface area contributed by atoms with Crippen LogP contribution in [0, 0.1) is 35.5 Å². The normalized spacial score (nSPS) is 46.2. The molecule has 4 saturated carbocycles. The second-order valence-corrected chi connectivity index (χ2v) is 16.7. The molecular formula is C25H46Si. The van der Waals surface area contributed by atoms with Gasteiger partial charge in [-0.3, -0.25) is 0 Å². The molecule has 8 atom stereocenters. The van der Waals surface area contributed by atoms with Crippen molar-refractivity contribution in [1.82, 2.24) is 0 Å². The largest absolute Gasteiger partial charge is 0.0689 e. The molecule has 0 aromatic rings. The van der Waals surface area contributed by atoms with Crippen LogP contribution in [0.2, 0.25) is 24.2 Å². The van der Waals surface area contributed by atoms with Crippen molar-refractivity contribution in [2.45, 2.75) is 121 Å². The summed E-state index contributed by atoms with van der Waals surface area (Å²) < 4.78 is 0. The Balaban J connectivity index is 1.56. The van der Waals surface area contributed by atoms with Crippen LogP contribution in [0.1, 0.15) is 97.3 Å². The number of fused-ring (bicyclic) bond motifs is 2. The molecule has 26 heavy (non-hydrogen) atoms. The van der Waals surface area contributed by atoms with Gasteiger partial charge in [-0.05, 0) is 65.9 Å². The van der Waals surface area contributed by atoms with Crippen molar-refractivity contribution in [3.63, 3.8) is 0 Å². The highest BCUT2D eigenvalue weighted by Gasteiger charge is 2.57. The van der Waals surface area contributed by atoms with Crippen molar-refractivity contribution in [3.05, 3.63) is 0 Å². The minimum Gasteiger partial charge on any atom is -0.0689 e. The molecule has 0 aromatic heterocycles. The predicted molar refractivity (Wildman–Crippen MR) is 117 cm³/mol. The van der Waals surface area contributed by atoms with E-state index in [9.17, 15) is 0 Å². The Bertz CT molecular complexity index is 469. The van der Waals surface area contributed by atoms with Gasteiger partial charge in [-0.2, -0.15) is 0 Å². The Morgan fingerprint density at radius 3 is 2.19 bits per heavy atom. The molecule has 0 aromatic carbocycles. The summed E-state index contributed by atoms with van der Waals surface area (Å²) in [5.74, 6) is 6.68. The van der Waals surface area contributed by atoms with Crippen LogP contribution in [-0.4, -0.2) is 8.07 Å². The van der Waals surface area contributed by atoms with Gasteiger partial charge in [0.05, 0.1) is 8.07 Å². The van der Waals surface area contributed by atoms with Gasteiger partial charge in [-0.1, -0.05) is 91.1 Å². The van der Waals surface area contributed by atoms with Crippen LogP contribution >= 0.6 is 0 Å². The highest BCUT2D eigenvalue weighted by molar-refractivity contribution is 6.80. The number of unbranched alkanes of at least 4 members (excludes halogenated alkanes) is 1. The van der Waals surface area contributed by atoms with Crippen LogP contribution in [0.4, 0.5) is 0 Å². The molecule has 0 amide bonds. The molecule has 0 spiro atoms. The van der Waals surface area contributed by atoms with E-state index < -0.39 is 8.07 Å². The molecule has 150 valence electrons. The van der Waals surface area contributed by atoms with Gasteiger partial charge in [0, 0.05) is 0 Å². The summed E-state index contributed by atoms with van der Waals surface area (Å²) in [6.45, 7) is 10.8. The van der Waals surface area contributed by atoms with E-state index in [0.29, 0.717) is 0 Å². The topological polar surface area (TPSA) is 0 Å². The highest BCUT2D eigenvalue weighted by atomic mass is 28.3. The van der Waals surface area contributed by atoms with Gasteiger partial charge in [0.1, 0.15) is 0 Å². The smallest absolute Gasteiger partial charge is 0.0544 e. The molecule has 4 fully saturated rings. The van der Waals surface area contributed by atoms with Crippen LogP contribution in [0.15, 0.2) is 0 Å². The van der Waals surface area contributed by atoms with Gasteiger partial charge < -0.3 is 0 Å². The summed E-state index contributed by atoms with van der Waals surface area (Å²) in [6, 6.07) is 0. The van der Waals surface area contributed by atoms with Crippen molar-refractivity contribution >= 4 is 8.07 Å². The molecule has 0 nitrogen and oxygen atoms in total. The fourth-order valence-electron chi connectivity index (χ4n) is 9.18. The van der Waals surface area contributed by atoms with Crippen molar-refractivity contribution in [1.29, 1.82) is 0 Å². The van der Waals surface area contributed by atoms with Gasteiger partial charge in [0.25, 0.3) is 0 Å². The SMILES string of the molecule is CCCCC1CC([Si](C)(C)C2C(C)CC3CCCCC32)C2CCCCC12. The van der Waals surface area contributed by atoms with E-state index in [2.05, 4.69) is 26.9 Å². The standard InChI is InChI=1S/C25H46Si/c1-5-6-11-20-17-24(23-15-10-9-13-21(20)23)26(3,4)25-18(2)16-19-12-7-8-14-22(19)25/h18-25H,5-17H2,1-4H3. The molecule has 0 radical (unpaired) electrons. The zero-order valence-corrected chi connectivity index (χ0v) is 19.3. The maximum Gasteiger partial charge on any atom is 0.0544 e. The fourth-order valence-corrected chi connectivity index (χ4v) is 15.2. The number of rotatable bonds is 5. The Morgan fingerprint density at radius 1 is 0.808 bits per heavy atom. The Morgan fingerprint density at radius 2 is 1.46 bits per heavy atom. The monoisotopic (exact) mass is 374 g/mol. The van der Waals surface area contributed by atoms with Crippen molar-refractivity contribution in [2.75, 3.05) is 0 Å². The van der Waals surface area contributed by atoms with Gasteiger partial charge in [0.15, 0.2) is 0 Å². The lowest BCUT2D eigenvalue weighted by Crippen LogP contribution is -2.45. The summed E-state index contributed by atoms with van der Waals surface area (Å²) >= 11 is 0. The molecule has 8 unspecified atom stereocenters. The second kappa shape index (κ2) is 7.92. The molecule has 0 aliphatic heterocycles. The number of hydrogen-bond acceptors (Lipinski definition) is 0. The average molecular weight is 375 g/mol. The molecule has 0 heterocycles. The van der Waals surface area contributed by atoms with Gasteiger partial charge >= 0.3 is 0 Å². The summed E-state index contributed by atoms with van der Waals surface area (Å²) in [5.41, 5.74) is 2.33. The lowest BCUT2D eigenvalue weighted by atomic mass is 9.77. The van der Waals surface area contributed by atoms with Crippen LogP contribution in [0.5, 0.6) is 0 Å². The minimum absolute atomic E-state index is 1.04. The van der Waals surface area contributed by atoms with E-state index in [4.69, 9.17) is 0 Å². The highest BCUT2D eigenvalue weighted by Crippen LogP contribution is 2.64. The quantitative estimate of drug-likeness (QED) is 0.424. The Kier molecular flexibility index (Phi) is 5.95. The van der Waals surface area contributed by atoms with E-state index in [1.54, 1.807) is 64.2 Å². The molecule has 0 N–H and O–H groups in total. The lowest BCUT2D eigenvalue weighted by molar-refractivity contribution is 0.216. The maximum absolute atomic E-state index is 2.88. The summed E-state index contributed by atoms with van der Waals surface area (Å²) in [4.78, 5) is 0. The third-order valence-corrected chi connectivity index (χ3v) is 15.3. The Labute approximate surface area is 165 Å². The molecule has 4 aliphatic rings. The van der Waals surface area contributed by atoms with E-state index in [-0.39, 0.29) is 0 Å². The minimum atomic E-state index is -1.20. The first kappa shape index (κ1) is 19.5. The van der Waals surface area contributed by atoms with Crippen molar-refractivity contribution in [2.24, 2.45) is 35.5 Å². The van der Waals surface area contributed by atoms with E-state index in [0.717, 1.165) is 41.0 Å². The van der Waals surface area contributed by atoms with Gasteiger partial charge in [-0.15, -0.1) is 0 Å². The first-order chi connectivity index (χ1) is 12.5. The maximum atomic E-state index is 2.88. The molecule has 4 aliphatic carbocycles. The van der Waals surface area contributed by atoms with Gasteiger partial charge in [0.2, 0.25) is 0 Å². The van der Waals surface area contributed by atoms with Crippen molar-refractivity contribution < 1.29 is 0 Å². The van der Waals surface area contributed by atoms with E-state index in [1.807, 2.05) is 0 Å². The molecular weight excluding hydrogens is 328 g/mol. The fraction of sp³-hybridized carbons (Fsp3) is 1.00. The van der Waals surface area contributed by atoms with Crippen LogP contribution in [-0.2, 0) is 0 Å². The molecule has 0 saturated heterocycles. The molecule has 0 bridgehead atoms. The van der Waals surface area contributed by atoms with E-state index >= 15 is 0 Å². The summed E-state index contributed by atoms with van der Waals surface area (Å²) in [6.07, 6.45) is 20.2. The van der Waals surface area contributed by atoms with Crippen LogP contribution in [0.3, 0.4) is 0 Å². The zero-order chi connectivity index (χ0) is 18.3. The van der Waals surface area contributed by atoms with Crippen LogP contribution < -0.4 is 0 Å². The Hall–Kier alpha value is 0.217. The molecule has 1 heteroatoms.